The van der Waals surface area contributed by atoms with Gasteiger partial charge in [0.15, 0.2) is 5.82 Å². The summed E-state index contributed by atoms with van der Waals surface area (Å²) >= 11 is 12.7. The molecule has 0 radical (unpaired) electrons. The molecule has 6 nitrogen and oxygen atoms in total. The summed E-state index contributed by atoms with van der Waals surface area (Å²) in [5.74, 6) is 0.912. The molecule has 178 valence electrons. The molecule has 4 aromatic rings. The van der Waals surface area contributed by atoms with Crippen molar-refractivity contribution in [3.05, 3.63) is 68.6 Å². The molecule has 2 aromatic heterocycles. The Balaban J connectivity index is 1.46. The van der Waals surface area contributed by atoms with Crippen molar-refractivity contribution in [2.75, 3.05) is 6.54 Å². The Labute approximate surface area is 210 Å². The largest absolute Gasteiger partial charge is 0.357 e. The molecule has 0 atom stereocenters. The Morgan fingerprint density at radius 2 is 1.76 bits per heavy atom. The standard InChI is InChI=1S/C26H30Cl2N6/c1-16-8-7-9-17(2)24(16)34-25(31-32-33-34)26(13-5-4-6-14-26)29-15-12-19-18(3)30-23-20(19)10-11-21(27)22(23)28/h7-11,29-30H,4-6,12-15H2,1-3H3. The third kappa shape index (κ3) is 4.02. The van der Waals surface area contributed by atoms with Crippen LogP contribution in [0.15, 0.2) is 30.3 Å². The molecule has 34 heavy (non-hydrogen) atoms. The molecule has 2 aromatic carbocycles. The van der Waals surface area contributed by atoms with Gasteiger partial charge in [0.1, 0.15) is 0 Å². The first-order chi connectivity index (χ1) is 16.4. The summed E-state index contributed by atoms with van der Waals surface area (Å²) < 4.78 is 1.96. The topological polar surface area (TPSA) is 71.4 Å². The Morgan fingerprint density at radius 1 is 1.03 bits per heavy atom. The van der Waals surface area contributed by atoms with Gasteiger partial charge in [-0.1, -0.05) is 66.7 Å². The number of hydrogen-bond acceptors (Lipinski definition) is 4. The number of halogens is 2. The van der Waals surface area contributed by atoms with E-state index in [4.69, 9.17) is 23.2 Å². The van der Waals surface area contributed by atoms with Crippen LogP contribution in [0.2, 0.25) is 10.0 Å². The van der Waals surface area contributed by atoms with Crippen molar-refractivity contribution in [2.24, 2.45) is 0 Å². The van der Waals surface area contributed by atoms with Crippen LogP contribution < -0.4 is 5.32 Å². The minimum absolute atomic E-state index is 0.253. The van der Waals surface area contributed by atoms with Gasteiger partial charge >= 0.3 is 0 Å². The number of nitrogens with one attached hydrogen (secondary N) is 2. The van der Waals surface area contributed by atoms with Crippen molar-refractivity contribution < 1.29 is 0 Å². The normalized spacial score (nSPS) is 15.8. The van der Waals surface area contributed by atoms with E-state index in [0.29, 0.717) is 10.0 Å². The smallest absolute Gasteiger partial charge is 0.176 e. The second-order valence-corrected chi connectivity index (χ2v) is 10.3. The van der Waals surface area contributed by atoms with E-state index in [1.54, 1.807) is 0 Å². The Kier molecular flexibility index (Phi) is 6.40. The maximum atomic E-state index is 6.45. The van der Waals surface area contributed by atoms with Gasteiger partial charge in [-0.05, 0) is 73.2 Å². The lowest BCUT2D eigenvalue weighted by Crippen LogP contribution is -2.47. The first-order valence-corrected chi connectivity index (χ1v) is 12.7. The van der Waals surface area contributed by atoms with Crippen LogP contribution in [0.5, 0.6) is 0 Å². The van der Waals surface area contributed by atoms with Crippen molar-refractivity contribution in [1.29, 1.82) is 0 Å². The maximum Gasteiger partial charge on any atom is 0.176 e. The Hall–Kier alpha value is -2.41. The molecule has 1 aliphatic rings. The highest BCUT2D eigenvalue weighted by molar-refractivity contribution is 6.45. The third-order valence-electron chi connectivity index (χ3n) is 7.28. The first kappa shape index (κ1) is 23.3. The number of hydrogen-bond donors (Lipinski definition) is 2. The predicted molar refractivity (Wildman–Crippen MR) is 138 cm³/mol. The number of nitrogens with zero attached hydrogens (tertiary/aromatic N) is 4. The van der Waals surface area contributed by atoms with Crippen LogP contribution in [0.1, 0.15) is 60.3 Å². The van der Waals surface area contributed by atoms with Gasteiger partial charge in [0.25, 0.3) is 0 Å². The van der Waals surface area contributed by atoms with Gasteiger partial charge in [0, 0.05) is 17.6 Å². The van der Waals surface area contributed by atoms with Crippen LogP contribution in [0.25, 0.3) is 16.6 Å². The number of H-pyrrole nitrogens is 1. The average Bonchev–Trinajstić information content (AvgIpc) is 3.43. The minimum atomic E-state index is -0.253. The SMILES string of the molecule is Cc1cccc(C)c1-n1nnnc1C1(NCCc2c(C)[nH]c3c(Cl)c(Cl)ccc23)CCCCC1. The van der Waals surface area contributed by atoms with Crippen molar-refractivity contribution in [3.63, 3.8) is 0 Å². The molecule has 0 saturated heterocycles. The number of aryl methyl sites for hydroxylation is 3. The summed E-state index contributed by atoms with van der Waals surface area (Å²) in [5.41, 5.74) is 6.47. The number of aromatic nitrogens is 5. The van der Waals surface area contributed by atoms with E-state index in [0.717, 1.165) is 66.8 Å². The highest BCUT2D eigenvalue weighted by atomic mass is 35.5. The summed E-state index contributed by atoms with van der Waals surface area (Å²) in [5, 5.41) is 19.3. The number of rotatable bonds is 6. The zero-order chi connectivity index (χ0) is 23.9. The van der Waals surface area contributed by atoms with E-state index in [2.05, 4.69) is 70.9 Å². The van der Waals surface area contributed by atoms with Crippen LogP contribution >= 0.6 is 23.2 Å². The van der Waals surface area contributed by atoms with E-state index in [1.165, 1.54) is 23.1 Å². The van der Waals surface area contributed by atoms with E-state index >= 15 is 0 Å². The van der Waals surface area contributed by atoms with Gasteiger partial charge in [-0.25, -0.2) is 0 Å². The van der Waals surface area contributed by atoms with Gasteiger partial charge in [-0.3, -0.25) is 0 Å². The van der Waals surface area contributed by atoms with E-state index in [1.807, 2.05) is 10.7 Å². The fourth-order valence-corrected chi connectivity index (χ4v) is 5.92. The zero-order valence-electron chi connectivity index (χ0n) is 19.9. The fraction of sp³-hybridized carbons (Fsp3) is 0.423. The van der Waals surface area contributed by atoms with Gasteiger partial charge < -0.3 is 10.3 Å². The average molecular weight is 497 g/mol. The Bertz CT molecular complexity index is 1310. The lowest BCUT2D eigenvalue weighted by Gasteiger charge is -2.37. The van der Waals surface area contributed by atoms with Crippen LogP contribution in [0.4, 0.5) is 0 Å². The molecule has 0 bridgehead atoms. The molecule has 2 heterocycles. The number of fused-ring (bicyclic) bond motifs is 1. The van der Waals surface area contributed by atoms with E-state index < -0.39 is 0 Å². The quantitative estimate of drug-likeness (QED) is 0.325. The molecule has 0 amide bonds. The molecule has 8 heteroatoms. The molecule has 0 unspecified atom stereocenters. The van der Waals surface area contributed by atoms with Gasteiger partial charge in [0.05, 0.1) is 26.8 Å². The highest BCUT2D eigenvalue weighted by Gasteiger charge is 2.39. The Morgan fingerprint density at radius 3 is 2.50 bits per heavy atom. The number of para-hydroxylation sites is 1. The van der Waals surface area contributed by atoms with Gasteiger partial charge in [-0.2, -0.15) is 4.68 Å². The first-order valence-electron chi connectivity index (χ1n) is 12.0. The van der Waals surface area contributed by atoms with Gasteiger partial charge in [-0.15, -0.1) is 5.10 Å². The molecule has 0 spiro atoms. The van der Waals surface area contributed by atoms with Gasteiger partial charge in [0.2, 0.25) is 0 Å². The monoisotopic (exact) mass is 496 g/mol. The highest BCUT2D eigenvalue weighted by Crippen LogP contribution is 2.38. The van der Waals surface area contributed by atoms with Crippen LogP contribution in [0.3, 0.4) is 0 Å². The second kappa shape index (κ2) is 9.33. The van der Waals surface area contributed by atoms with Crippen molar-refractivity contribution in [2.45, 2.75) is 64.8 Å². The van der Waals surface area contributed by atoms with Crippen LogP contribution in [-0.4, -0.2) is 31.7 Å². The maximum absolute atomic E-state index is 6.45. The number of benzene rings is 2. The summed E-state index contributed by atoms with van der Waals surface area (Å²) in [7, 11) is 0. The number of tetrazole rings is 1. The summed E-state index contributed by atoms with van der Waals surface area (Å²) in [4.78, 5) is 3.42. The van der Waals surface area contributed by atoms with E-state index in [-0.39, 0.29) is 5.54 Å². The van der Waals surface area contributed by atoms with E-state index in [9.17, 15) is 0 Å². The zero-order valence-corrected chi connectivity index (χ0v) is 21.4. The third-order valence-corrected chi connectivity index (χ3v) is 8.08. The van der Waals surface area contributed by atoms with Crippen LogP contribution in [-0.2, 0) is 12.0 Å². The lowest BCUT2D eigenvalue weighted by molar-refractivity contribution is 0.217. The van der Waals surface area contributed by atoms with Crippen molar-refractivity contribution in [1.82, 2.24) is 30.5 Å². The summed E-state index contributed by atoms with van der Waals surface area (Å²) in [6.07, 6.45) is 6.48. The minimum Gasteiger partial charge on any atom is -0.357 e. The molecule has 1 saturated carbocycles. The molecule has 0 aliphatic heterocycles. The van der Waals surface area contributed by atoms with Crippen LogP contribution in [0, 0.1) is 20.8 Å². The predicted octanol–water partition coefficient (Wildman–Crippen LogP) is 6.37. The summed E-state index contributed by atoms with van der Waals surface area (Å²) in [6, 6.07) is 10.2. The molecule has 2 N–H and O–H groups in total. The molecule has 1 fully saturated rings. The molecule has 1 aliphatic carbocycles. The molecule has 5 rings (SSSR count). The number of aromatic amines is 1. The van der Waals surface area contributed by atoms with Crippen molar-refractivity contribution in [3.8, 4) is 5.69 Å². The fourth-order valence-electron chi connectivity index (χ4n) is 5.55. The molecular weight excluding hydrogens is 467 g/mol. The molecular formula is C26H30Cl2N6. The van der Waals surface area contributed by atoms with Crippen molar-refractivity contribution >= 4 is 34.1 Å². The second-order valence-electron chi connectivity index (χ2n) is 9.49. The lowest BCUT2D eigenvalue weighted by atomic mass is 9.80. The summed E-state index contributed by atoms with van der Waals surface area (Å²) in [6.45, 7) is 7.14.